The molecule has 2 bridgehead atoms. The van der Waals surface area contributed by atoms with E-state index in [2.05, 4.69) is 5.32 Å². The van der Waals surface area contributed by atoms with Gasteiger partial charge in [-0.2, -0.15) is 0 Å². The fourth-order valence-corrected chi connectivity index (χ4v) is 6.87. The minimum atomic E-state index is -4.29. The second-order valence-electron chi connectivity index (χ2n) is 10.3. The SMILES string of the molecule is CC(C)(C)OC(=O)c1c(S(=O)(=O)n2ccc3ccc(F)cc32)ccc2oc3c(c12)C1CCC(C3)N1. The molecule has 0 radical (unpaired) electrons. The summed E-state index contributed by atoms with van der Waals surface area (Å²) < 4.78 is 54.8. The van der Waals surface area contributed by atoms with Crippen LogP contribution in [-0.2, 0) is 21.2 Å². The first-order chi connectivity index (χ1) is 16.5. The highest BCUT2D eigenvalue weighted by atomic mass is 32.2. The Morgan fingerprint density at radius 1 is 1.17 bits per heavy atom. The summed E-state index contributed by atoms with van der Waals surface area (Å²) in [4.78, 5) is 13.4. The van der Waals surface area contributed by atoms with E-state index in [1.807, 2.05) is 0 Å². The predicted octanol–water partition coefficient (Wildman–Crippen LogP) is 5.07. The Balaban J connectivity index is 1.64. The minimum absolute atomic E-state index is 0.0226. The van der Waals surface area contributed by atoms with Gasteiger partial charge >= 0.3 is 5.97 Å². The van der Waals surface area contributed by atoms with Gasteiger partial charge in [0.05, 0.1) is 11.1 Å². The summed E-state index contributed by atoms with van der Waals surface area (Å²) >= 11 is 0. The molecule has 182 valence electrons. The van der Waals surface area contributed by atoms with Gasteiger partial charge in [0.2, 0.25) is 0 Å². The van der Waals surface area contributed by atoms with Gasteiger partial charge in [-0.25, -0.2) is 21.6 Å². The second-order valence-corrected chi connectivity index (χ2v) is 12.1. The van der Waals surface area contributed by atoms with Crippen LogP contribution < -0.4 is 5.32 Å². The van der Waals surface area contributed by atoms with Gasteiger partial charge in [0.25, 0.3) is 10.0 Å². The maximum absolute atomic E-state index is 14.0. The fraction of sp³-hybridized carbons (Fsp3) is 0.346. The zero-order valence-electron chi connectivity index (χ0n) is 19.6. The largest absolute Gasteiger partial charge is 0.461 e. The number of esters is 1. The number of halogens is 1. The lowest BCUT2D eigenvalue weighted by Crippen LogP contribution is -2.31. The summed E-state index contributed by atoms with van der Waals surface area (Å²) in [6.45, 7) is 5.19. The summed E-state index contributed by atoms with van der Waals surface area (Å²) in [6.07, 6.45) is 3.91. The van der Waals surface area contributed by atoms with Crippen molar-refractivity contribution in [2.75, 3.05) is 0 Å². The van der Waals surface area contributed by atoms with E-state index in [9.17, 15) is 17.6 Å². The van der Waals surface area contributed by atoms with Crippen molar-refractivity contribution in [3.8, 4) is 0 Å². The normalized spacial score (nSPS) is 19.9. The lowest BCUT2D eigenvalue weighted by atomic mass is 9.96. The van der Waals surface area contributed by atoms with Gasteiger partial charge in [0, 0.05) is 41.0 Å². The molecule has 2 aliphatic heterocycles. The molecule has 2 aliphatic rings. The molecule has 1 N–H and O–H groups in total. The summed E-state index contributed by atoms with van der Waals surface area (Å²) in [7, 11) is -4.29. The van der Waals surface area contributed by atoms with Gasteiger partial charge in [-0.1, -0.05) is 0 Å². The molecular weight excluding hydrogens is 471 g/mol. The molecule has 7 nitrogen and oxygen atoms in total. The summed E-state index contributed by atoms with van der Waals surface area (Å²) in [5.74, 6) is -0.520. The molecule has 35 heavy (non-hydrogen) atoms. The molecule has 2 atom stereocenters. The van der Waals surface area contributed by atoms with Crippen LogP contribution >= 0.6 is 0 Å². The van der Waals surface area contributed by atoms with Crippen LogP contribution in [0.3, 0.4) is 0 Å². The standard InChI is InChI=1S/C26H25FN2O5S/c1-26(2,3)34-25(30)24-21(35(31,32)29-11-10-14-4-5-15(27)12-18(14)29)9-8-19-23(24)22-17-7-6-16(28-17)13-20(22)33-19/h4-5,8-12,16-17,28H,6-7,13H2,1-3H3. The van der Waals surface area contributed by atoms with Gasteiger partial charge in [0.1, 0.15) is 27.7 Å². The van der Waals surface area contributed by atoms with Crippen LogP contribution in [0.4, 0.5) is 4.39 Å². The van der Waals surface area contributed by atoms with E-state index in [1.54, 1.807) is 32.9 Å². The van der Waals surface area contributed by atoms with Crippen LogP contribution in [0.1, 0.15) is 61.3 Å². The molecule has 2 aromatic carbocycles. The van der Waals surface area contributed by atoms with Crippen molar-refractivity contribution in [3.05, 3.63) is 65.3 Å². The predicted molar refractivity (Wildman–Crippen MR) is 128 cm³/mol. The highest BCUT2D eigenvalue weighted by Crippen LogP contribution is 2.44. The number of hydrogen-bond acceptors (Lipinski definition) is 6. The monoisotopic (exact) mass is 496 g/mol. The average molecular weight is 497 g/mol. The van der Waals surface area contributed by atoms with Crippen LogP contribution in [0.25, 0.3) is 21.9 Å². The Hall–Kier alpha value is -3.17. The molecule has 2 unspecified atom stereocenters. The Kier molecular flexibility index (Phi) is 4.72. The van der Waals surface area contributed by atoms with Gasteiger partial charge in [0.15, 0.2) is 0 Å². The smallest absolute Gasteiger partial charge is 0.340 e. The Bertz CT molecular complexity index is 1630. The van der Waals surface area contributed by atoms with Crippen molar-refractivity contribution >= 4 is 37.9 Å². The molecule has 4 aromatic rings. The van der Waals surface area contributed by atoms with E-state index >= 15 is 0 Å². The van der Waals surface area contributed by atoms with Crippen LogP contribution in [0.5, 0.6) is 0 Å². The molecule has 0 spiro atoms. The third-order valence-electron chi connectivity index (χ3n) is 6.71. The van der Waals surface area contributed by atoms with Crippen molar-refractivity contribution in [2.24, 2.45) is 0 Å². The maximum Gasteiger partial charge on any atom is 0.340 e. The van der Waals surface area contributed by atoms with Gasteiger partial charge in [-0.05, 0) is 70.0 Å². The number of rotatable bonds is 3. The summed E-state index contributed by atoms with van der Waals surface area (Å²) in [5, 5.41) is 4.58. The molecule has 0 saturated carbocycles. The minimum Gasteiger partial charge on any atom is -0.461 e. The molecule has 4 heterocycles. The number of nitrogens with zero attached hydrogens (tertiary/aromatic N) is 1. The Labute approximate surface area is 201 Å². The lowest BCUT2D eigenvalue weighted by molar-refractivity contribution is 0.00674. The number of benzene rings is 2. The molecular formula is C26H25FN2O5S. The molecule has 0 aliphatic carbocycles. The zero-order chi connectivity index (χ0) is 24.7. The summed E-state index contributed by atoms with van der Waals surface area (Å²) in [6, 6.07) is 8.81. The maximum atomic E-state index is 14.0. The lowest BCUT2D eigenvalue weighted by Gasteiger charge is -2.23. The van der Waals surface area contributed by atoms with E-state index in [1.165, 1.54) is 30.5 Å². The highest BCUT2D eigenvalue weighted by molar-refractivity contribution is 7.90. The van der Waals surface area contributed by atoms with Crippen LogP contribution in [0.2, 0.25) is 0 Å². The Morgan fingerprint density at radius 2 is 1.97 bits per heavy atom. The topological polar surface area (TPSA) is 90.5 Å². The molecule has 1 fully saturated rings. The average Bonchev–Trinajstić information content (AvgIpc) is 3.47. The van der Waals surface area contributed by atoms with Crippen LogP contribution in [-0.4, -0.2) is 30.0 Å². The summed E-state index contributed by atoms with van der Waals surface area (Å²) in [5.41, 5.74) is 0.578. The zero-order valence-corrected chi connectivity index (χ0v) is 20.4. The molecule has 1 saturated heterocycles. The highest BCUT2D eigenvalue weighted by Gasteiger charge is 2.40. The van der Waals surface area contributed by atoms with Crippen LogP contribution in [0.15, 0.2) is 51.9 Å². The van der Waals surface area contributed by atoms with Crippen molar-refractivity contribution < 1.29 is 26.8 Å². The number of ether oxygens (including phenoxy) is 1. The van der Waals surface area contributed by atoms with Gasteiger partial charge < -0.3 is 14.5 Å². The number of furan rings is 1. The first-order valence-corrected chi connectivity index (χ1v) is 13.1. The van der Waals surface area contributed by atoms with E-state index in [-0.39, 0.29) is 22.0 Å². The van der Waals surface area contributed by atoms with E-state index in [0.717, 1.165) is 28.1 Å². The van der Waals surface area contributed by atoms with Crippen molar-refractivity contribution in [1.82, 2.24) is 9.29 Å². The number of hydrogen-bond donors (Lipinski definition) is 1. The first kappa shape index (κ1) is 22.3. The quantitative estimate of drug-likeness (QED) is 0.399. The number of fused-ring (bicyclic) bond motifs is 7. The van der Waals surface area contributed by atoms with Crippen molar-refractivity contribution in [1.29, 1.82) is 0 Å². The molecule has 6 rings (SSSR count). The first-order valence-electron chi connectivity index (χ1n) is 11.6. The van der Waals surface area contributed by atoms with Crippen LogP contribution in [0, 0.1) is 5.82 Å². The van der Waals surface area contributed by atoms with E-state index in [0.29, 0.717) is 28.8 Å². The van der Waals surface area contributed by atoms with E-state index in [4.69, 9.17) is 9.15 Å². The van der Waals surface area contributed by atoms with Gasteiger partial charge in [-0.15, -0.1) is 0 Å². The van der Waals surface area contributed by atoms with Crippen molar-refractivity contribution in [2.45, 2.75) is 62.6 Å². The third kappa shape index (κ3) is 3.48. The number of carbonyl (C=O) groups excluding carboxylic acids is 1. The number of carbonyl (C=O) groups is 1. The molecule has 2 aromatic heterocycles. The van der Waals surface area contributed by atoms with Crippen molar-refractivity contribution in [3.63, 3.8) is 0 Å². The molecule has 9 heteroatoms. The van der Waals surface area contributed by atoms with Gasteiger partial charge in [-0.3, -0.25) is 0 Å². The second kappa shape index (κ2) is 7.41. The molecule has 0 amide bonds. The fourth-order valence-electron chi connectivity index (χ4n) is 5.33. The number of nitrogens with one attached hydrogen (secondary N) is 1. The third-order valence-corrected chi connectivity index (χ3v) is 8.44. The van der Waals surface area contributed by atoms with E-state index < -0.39 is 27.4 Å². The number of aromatic nitrogens is 1. The Morgan fingerprint density at radius 3 is 2.74 bits per heavy atom.